The van der Waals surface area contributed by atoms with Crippen molar-refractivity contribution in [2.45, 2.75) is 78.9 Å². The number of esters is 2. The van der Waals surface area contributed by atoms with Crippen LogP contribution in [0.1, 0.15) is 76.9 Å². The maximum Gasteiger partial charge on any atom is 0.325 e. The molecule has 0 fully saturated rings. The summed E-state index contributed by atoms with van der Waals surface area (Å²) in [5, 5.41) is 21.1. The number of carbonyl (C=O) groups is 2. The highest BCUT2D eigenvalue weighted by Gasteiger charge is 2.43. The summed E-state index contributed by atoms with van der Waals surface area (Å²) < 4.78 is 10.0. The minimum absolute atomic E-state index is 0. The molecule has 0 aromatic heterocycles. The second-order valence-electron chi connectivity index (χ2n) is 13.7. The van der Waals surface area contributed by atoms with Crippen molar-refractivity contribution in [1.82, 2.24) is 10.6 Å². The van der Waals surface area contributed by atoms with Crippen molar-refractivity contribution in [3.05, 3.63) is 226 Å². The van der Waals surface area contributed by atoms with Gasteiger partial charge in [-0.2, -0.15) is 0 Å². The summed E-state index contributed by atoms with van der Waals surface area (Å²) >= 11 is 0. The Morgan fingerprint density at radius 2 is 0.726 bits per heavy atom. The van der Waals surface area contributed by atoms with Crippen LogP contribution in [0, 0.1) is 0 Å². The van der Waals surface area contributed by atoms with Crippen molar-refractivity contribution in [3.8, 4) is 0 Å². The summed E-state index contributed by atoms with van der Waals surface area (Å²) in [7, 11) is 2.66. The number of nitrogens with one attached hydrogen (secondary N) is 2. The average molecular weight is 840 g/mol. The third kappa shape index (κ3) is 12.1. The number of hydrogen-bond donors (Lipinski definition) is 3. The summed E-state index contributed by atoms with van der Waals surface area (Å²) in [5.74, 6) is -1.01. The van der Waals surface area contributed by atoms with E-state index in [0.29, 0.717) is 0 Å². The molecular weight excluding hydrogens is 775 g/mol. The van der Waals surface area contributed by atoms with E-state index in [2.05, 4.69) is 20.7 Å². The van der Waals surface area contributed by atoms with Crippen molar-refractivity contribution in [2.75, 3.05) is 14.2 Å². The first kappa shape index (κ1) is 53.5. The lowest BCUT2D eigenvalue weighted by molar-refractivity contribution is -0.146. The van der Waals surface area contributed by atoms with Crippen LogP contribution in [0.4, 0.5) is 0 Å². The number of azide groups is 1. The van der Waals surface area contributed by atoms with E-state index in [1.807, 2.05) is 182 Å². The lowest BCUT2D eigenvalue weighted by Crippen LogP contribution is -2.56. The van der Waals surface area contributed by atoms with Gasteiger partial charge in [0.2, 0.25) is 0 Å². The minimum atomic E-state index is -0.942. The Kier molecular flexibility index (Phi) is 22.4. The topological polar surface area (TPSA) is 146 Å². The molecule has 10 heteroatoms. The van der Waals surface area contributed by atoms with Gasteiger partial charge < -0.3 is 14.6 Å². The van der Waals surface area contributed by atoms with E-state index in [-0.39, 0.29) is 29.7 Å². The molecule has 0 spiro atoms. The maximum atomic E-state index is 12.7. The number of aliphatic hydroxyl groups is 1. The molecular formula is C52H65N5O5. The van der Waals surface area contributed by atoms with Gasteiger partial charge in [-0.05, 0) is 45.8 Å². The van der Waals surface area contributed by atoms with Crippen molar-refractivity contribution < 1.29 is 24.2 Å². The SMILES string of the molecule is C.C.C.C.COC(=O)[C@@H](NC(c1ccccc1)(c1ccccc1)c1ccccc1)[C@@H](C)N=[N+]=[N-].COC(=O)[C@@H](NC(c1ccccc1)(c1ccccc1)c1ccccc1)[C@H](C)O. The number of nitrogens with zero attached hydrogens (tertiary/aromatic N) is 3. The molecule has 0 heterocycles. The third-order valence-corrected chi connectivity index (χ3v) is 10.1. The maximum absolute atomic E-state index is 12.7. The zero-order valence-corrected chi connectivity index (χ0v) is 33.1. The molecule has 328 valence electrons. The third-order valence-electron chi connectivity index (χ3n) is 10.1. The molecule has 0 unspecified atom stereocenters. The lowest BCUT2D eigenvalue weighted by atomic mass is 9.76. The number of ether oxygens (including phenoxy) is 2. The highest BCUT2D eigenvalue weighted by molar-refractivity contribution is 5.78. The highest BCUT2D eigenvalue weighted by atomic mass is 16.5. The second kappa shape index (κ2) is 25.9. The van der Waals surface area contributed by atoms with E-state index in [9.17, 15) is 14.7 Å². The Morgan fingerprint density at radius 1 is 0.500 bits per heavy atom. The van der Waals surface area contributed by atoms with Gasteiger partial charge in [-0.3, -0.25) is 20.2 Å². The molecule has 4 atom stereocenters. The molecule has 0 saturated heterocycles. The molecule has 0 radical (unpaired) electrons. The van der Waals surface area contributed by atoms with Gasteiger partial charge in [0.05, 0.1) is 37.4 Å². The van der Waals surface area contributed by atoms with Crippen LogP contribution < -0.4 is 10.6 Å². The van der Waals surface area contributed by atoms with Crippen LogP contribution in [0.15, 0.2) is 187 Å². The molecule has 0 amide bonds. The van der Waals surface area contributed by atoms with Crippen molar-refractivity contribution in [3.63, 3.8) is 0 Å². The molecule has 0 bridgehead atoms. The van der Waals surface area contributed by atoms with Crippen molar-refractivity contribution in [1.29, 1.82) is 0 Å². The van der Waals surface area contributed by atoms with Gasteiger partial charge in [-0.25, -0.2) is 0 Å². The number of aliphatic hydroxyl groups excluding tert-OH is 1. The van der Waals surface area contributed by atoms with Crippen LogP contribution >= 0.6 is 0 Å². The van der Waals surface area contributed by atoms with Crippen molar-refractivity contribution >= 4 is 11.9 Å². The molecule has 62 heavy (non-hydrogen) atoms. The fourth-order valence-electron chi connectivity index (χ4n) is 7.25. The second-order valence-corrected chi connectivity index (χ2v) is 13.7. The van der Waals surface area contributed by atoms with Crippen LogP contribution in [-0.2, 0) is 30.1 Å². The summed E-state index contributed by atoms with van der Waals surface area (Å²) in [6, 6.07) is 57.0. The Morgan fingerprint density at radius 3 is 0.935 bits per heavy atom. The van der Waals surface area contributed by atoms with Gasteiger partial charge >= 0.3 is 11.9 Å². The average Bonchev–Trinajstić information content (AvgIpc) is 3.29. The summed E-state index contributed by atoms with van der Waals surface area (Å²) in [5.41, 5.74) is 13.0. The predicted octanol–water partition coefficient (Wildman–Crippen LogP) is 10.8. The molecule has 0 aliphatic rings. The first-order valence-electron chi connectivity index (χ1n) is 19.0. The van der Waals surface area contributed by atoms with Gasteiger partial charge in [0.15, 0.2) is 0 Å². The Bertz CT molecular complexity index is 2010. The van der Waals surface area contributed by atoms with Crippen LogP contribution in [-0.4, -0.2) is 55.5 Å². The lowest BCUT2D eigenvalue weighted by Gasteiger charge is -2.40. The quantitative estimate of drug-likeness (QED) is 0.0307. The van der Waals surface area contributed by atoms with Crippen LogP contribution in [0.5, 0.6) is 0 Å². The molecule has 6 aromatic carbocycles. The Balaban J connectivity index is 0.000000584. The van der Waals surface area contributed by atoms with E-state index < -0.39 is 47.2 Å². The van der Waals surface area contributed by atoms with E-state index in [1.54, 1.807) is 13.8 Å². The number of rotatable bonds is 15. The van der Waals surface area contributed by atoms with E-state index in [1.165, 1.54) is 14.2 Å². The molecule has 10 nitrogen and oxygen atoms in total. The molecule has 0 aliphatic heterocycles. The summed E-state index contributed by atoms with van der Waals surface area (Å²) in [4.78, 5) is 28.1. The molecule has 6 aromatic rings. The first-order chi connectivity index (χ1) is 28.2. The number of carbonyl (C=O) groups excluding carboxylic acids is 2. The standard InChI is InChI=1S/C24H24N4O2.C24H25NO3.4CH4/c1-18(27-28-25)22(23(29)30-2)26-24(19-12-6-3-7-13-19,20-14-8-4-9-15-20)21-16-10-5-11-17-21;1-18(26)22(23(27)28-2)25-24(19-12-6-3-7-13-19,20-14-8-4-9-15-20)21-16-10-5-11-17-21;;;;/h3-18,22,26H,1-2H3;3-18,22,25-26H,1-2H3;4*1H4/t18-,22+;18-,22-;;;;/m10..../s1. The fraction of sp³-hybridized carbons (Fsp3) is 0.269. The number of hydrogen-bond acceptors (Lipinski definition) is 8. The smallest absolute Gasteiger partial charge is 0.325 e. The Hall–Kier alpha value is -6.55. The zero-order chi connectivity index (χ0) is 41.4. The van der Waals surface area contributed by atoms with Gasteiger partial charge in [-0.15, -0.1) is 0 Å². The van der Waals surface area contributed by atoms with E-state index in [0.717, 1.165) is 33.4 Å². The molecule has 3 N–H and O–H groups in total. The molecule has 0 aliphatic carbocycles. The summed E-state index contributed by atoms with van der Waals surface area (Å²) in [6.07, 6.45) is -0.942. The largest absolute Gasteiger partial charge is 0.468 e. The zero-order valence-electron chi connectivity index (χ0n) is 33.1. The van der Waals surface area contributed by atoms with E-state index in [4.69, 9.17) is 15.0 Å². The first-order valence-corrected chi connectivity index (χ1v) is 19.0. The minimum Gasteiger partial charge on any atom is -0.468 e. The fourth-order valence-corrected chi connectivity index (χ4v) is 7.25. The van der Waals surface area contributed by atoms with Gasteiger partial charge in [0.25, 0.3) is 0 Å². The molecule has 0 saturated carbocycles. The van der Waals surface area contributed by atoms with Gasteiger partial charge in [-0.1, -0.05) is 224 Å². The Labute approximate surface area is 369 Å². The summed E-state index contributed by atoms with van der Waals surface area (Å²) in [6.45, 7) is 3.28. The van der Waals surface area contributed by atoms with Crippen LogP contribution in [0.3, 0.4) is 0 Å². The van der Waals surface area contributed by atoms with Crippen LogP contribution in [0.2, 0.25) is 0 Å². The van der Waals surface area contributed by atoms with Crippen LogP contribution in [0.25, 0.3) is 10.4 Å². The van der Waals surface area contributed by atoms with E-state index >= 15 is 0 Å². The van der Waals surface area contributed by atoms with Crippen molar-refractivity contribution in [2.24, 2.45) is 5.11 Å². The predicted molar refractivity (Wildman–Crippen MR) is 254 cm³/mol. The normalized spacial score (nSPS) is 12.4. The highest BCUT2D eigenvalue weighted by Crippen LogP contribution is 2.39. The van der Waals surface area contributed by atoms with Gasteiger partial charge in [0.1, 0.15) is 12.1 Å². The number of benzene rings is 6. The number of methoxy groups -OCH3 is 2. The molecule has 6 rings (SSSR count). The van der Waals surface area contributed by atoms with Gasteiger partial charge in [0, 0.05) is 4.91 Å². The monoisotopic (exact) mass is 839 g/mol.